The van der Waals surface area contributed by atoms with Crippen LogP contribution in [0.4, 0.5) is 0 Å². The zero-order valence-electron chi connectivity index (χ0n) is 11.9. The normalized spacial score (nSPS) is 10.2. The molecule has 0 atom stereocenters. The third-order valence-electron chi connectivity index (χ3n) is 2.82. The predicted octanol–water partition coefficient (Wildman–Crippen LogP) is 2.17. The van der Waals surface area contributed by atoms with Gasteiger partial charge >= 0.3 is 0 Å². The Morgan fingerprint density at radius 1 is 1.14 bits per heavy atom. The van der Waals surface area contributed by atoms with Crippen LogP contribution in [0.15, 0.2) is 36.5 Å². The molecule has 21 heavy (non-hydrogen) atoms. The molecule has 0 saturated heterocycles. The highest BCUT2D eigenvalue weighted by atomic mass is 16.5. The van der Waals surface area contributed by atoms with Gasteiger partial charge in [0.2, 0.25) is 5.88 Å². The average Bonchev–Trinajstić information content (AvgIpc) is 2.83. The summed E-state index contributed by atoms with van der Waals surface area (Å²) in [6.45, 7) is 4.13. The number of ether oxygens (including phenoxy) is 1. The van der Waals surface area contributed by atoms with Gasteiger partial charge in [0.1, 0.15) is 5.69 Å². The highest BCUT2D eigenvalue weighted by Gasteiger charge is 2.00. The Hall–Kier alpha value is -2.87. The minimum Gasteiger partial charge on any atom is -0.464 e. The van der Waals surface area contributed by atoms with Crippen LogP contribution in [0.3, 0.4) is 0 Å². The van der Waals surface area contributed by atoms with Crippen LogP contribution in [0.25, 0.3) is 5.65 Å². The Morgan fingerprint density at radius 3 is 2.90 bits per heavy atom. The van der Waals surface area contributed by atoms with E-state index in [0.29, 0.717) is 5.88 Å². The van der Waals surface area contributed by atoms with Crippen LogP contribution in [0.1, 0.15) is 17.1 Å². The number of nitrogens with zero attached hydrogens (tertiary/aromatic N) is 4. The van der Waals surface area contributed by atoms with Crippen molar-refractivity contribution >= 4 is 5.65 Å². The van der Waals surface area contributed by atoms with E-state index >= 15 is 0 Å². The van der Waals surface area contributed by atoms with Gasteiger partial charge in [-0.25, -0.2) is 9.50 Å². The fourth-order valence-electron chi connectivity index (χ4n) is 1.91. The first kappa shape index (κ1) is 13.1. The van der Waals surface area contributed by atoms with Crippen LogP contribution in [-0.4, -0.2) is 26.2 Å². The molecular formula is C16H14N4O. The molecule has 3 aromatic rings. The molecule has 3 aromatic heterocycles. The molecule has 0 unspecified atom stereocenters. The smallest absolute Gasteiger partial charge is 0.217 e. The van der Waals surface area contributed by atoms with Gasteiger partial charge in [-0.2, -0.15) is 10.1 Å². The molecular weight excluding hydrogens is 264 g/mol. The van der Waals surface area contributed by atoms with E-state index in [1.807, 2.05) is 44.3 Å². The quantitative estimate of drug-likeness (QED) is 0.674. The summed E-state index contributed by atoms with van der Waals surface area (Å²) < 4.78 is 7.23. The summed E-state index contributed by atoms with van der Waals surface area (Å²) in [7, 11) is 0. The zero-order valence-corrected chi connectivity index (χ0v) is 11.9. The van der Waals surface area contributed by atoms with Crippen molar-refractivity contribution in [2.45, 2.75) is 13.8 Å². The molecule has 3 rings (SSSR count). The minimum atomic E-state index is 0.270. The molecule has 0 amide bonds. The SMILES string of the molecule is Cc1cccc(C#CCOc2ccn3nc(C)cc3n2)n1. The number of hydrogen-bond donors (Lipinski definition) is 0. The van der Waals surface area contributed by atoms with Crippen molar-refractivity contribution in [2.24, 2.45) is 0 Å². The zero-order chi connectivity index (χ0) is 14.7. The highest BCUT2D eigenvalue weighted by molar-refractivity contribution is 5.40. The number of rotatable bonds is 2. The Kier molecular flexibility index (Phi) is 3.52. The molecule has 0 N–H and O–H groups in total. The molecule has 0 radical (unpaired) electrons. The lowest BCUT2D eigenvalue weighted by Crippen LogP contribution is -1.98. The van der Waals surface area contributed by atoms with Crippen LogP contribution in [-0.2, 0) is 0 Å². The second-order valence-corrected chi connectivity index (χ2v) is 4.61. The van der Waals surface area contributed by atoms with E-state index in [0.717, 1.165) is 22.7 Å². The number of aryl methyl sites for hydroxylation is 2. The third kappa shape index (κ3) is 3.18. The topological polar surface area (TPSA) is 52.3 Å². The Bertz CT molecular complexity index is 842. The van der Waals surface area contributed by atoms with Crippen LogP contribution in [0.2, 0.25) is 0 Å². The molecule has 0 aliphatic rings. The molecule has 3 heterocycles. The molecule has 5 heteroatoms. The standard InChI is InChI=1S/C16H14N4O/c1-12-5-3-6-14(17-12)7-4-10-21-16-8-9-20-15(18-16)11-13(2)19-20/h3,5-6,8-9,11H,10H2,1-2H3. The maximum absolute atomic E-state index is 5.52. The second-order valence-electron chi connectivity index (χ2n) is 4.61. The van der Waals surface area contributed by atoms with Gasteiger partial charge in [0.25, 0.3) is 0 Å². The lowest BCUT2D eigenvalue weighted by atomic mass is 10.3. The van der Waals surface area contributed by atoms with E-state index in [1.165, 1.54) is 0 Å². The van der Waals surface area contributed by atoms with E-state index in [-0.39, 0.29) is 6.61 Å². The minimum absolute atomic E-state index is 0.270. The molecule has 0 aliphatic carbocycles. The van der Waals surface area contributed by atoms with Crippen molar-refractivity contribution < 1.29 is 4.74 Å². The number of pyridine rings is 1. The summed E-state index contributed by atoms with van der Waals surface area (Å²) in [6.07, 6.45) is 1.82. The number of aromatic nitrogens is 4. The van der Waals surface area contributed by atoms with E-state index in [2.05, 4.69) is 26.9 Å². The predicted molar refractivity (Wildman–Crippen MR) is 79.1 cm³/mol. The molecule has 0 fully saturated rings. The van der Waals surface area contributed by atoms with Gasteiger partial charge in [0.05, 0.1) is 5.69 Å². The van der Waals surface area contributed by atoms with E-state index in [1.54, 1.807) is 10.6 Å². The molecule has 0 aliphatic heterocycles. The Morgan fingerprint density at radius 2 is 2.05 bits per heavy atom. The van der Waals surface area contributed by atoms with Crippen LogP contribution >= 0.6 is 0 Å². The third-order valence-corrected chi connectivity index (χ3v) is 2.82. The van der Waals surface area contributed by atoms with Gasteiger partial charge in [-0.15, -0.1) is 0 Å². The molecule has 0 bridgehead atoms. The fourth-order valence-corrected chi connectivity index (χ4v) is 1.91. The summed E-state index contributed by atoms with van der Waals surface area (Å²) in [5.41, 5.74) is 3.38. The molecule has 0 spiro atoms. The lowest BCUT2D eigenvalue weighted by Gasteiger charge is -2.00. The molecule has 0 saturated carbocycles. The number of fused-ring (bicyclic) bond motifs is 1. The molecule has 104 valence electrons. The largest absolute Gasteiger partial charge is 0.464 e. The molecule has 5 nitrogen and oxygen atoms in total. The maximum Gasteiger partial charge on any atom is 0.217 e. The van der Waals surface area contributed by atoms with Gasteiger partial charge in [0, 0.05) is 24.0 Å². The maximum atomic E-state index is 5.52. The van der Waals surface area contributed by atoms with Crippen molar-refractivity contribution in [1.29, 1.82) is 0 Å². The summed E-state index contributed by atoms with van der Waals surface area (Å²) >= 11 is 0. The van der Waals surface area contributed by atoms with E-state index < -0.39 is 0 Å². The average molecular weight is 278 g/mol. The summed E-state index contributed by atoms with van der Waals surface area (Å²) in [6, 6.07) is 9.42. The second kappa shape index (κ2) is 5.63. The number of hydrogen-bond acceptors (Lipinski definition) is 4. The first-order chi connectivity index (χ1) is 10.2. The van der Waals surface area contributed by atoms with Crippen molar-refractivity contribution in [2.75, 3.05) is 6.61 Å². The van der Waals surface area contributed by atoms with Crippen LogP contribution < -0.4 is 4.74 Å². The van der Waals surface area contributed by atoms with Crippen molar-refractivity contribution in [3.63, 3.8) is 0 Å². The van der Waals surface area contributed by atoms with Crippen LogP contribution in [0, 0.1) is 25.7 Å². The Labute approximate surface area is 122 Å². The highest BCUT2D eigenvalue weighted by Crippen LogP contribution is 2.09. The Balaban J connectivity index is 1.67. The monoisotopic (exact) mass is 278 g/mol. The van der Waals surface area contributed by atoms with Crippen LogP contribution in [0.5, 0.6) is 5.88 Å². The lowest BCUT2D eigenvalue weighted by molar-refractivity contribution is 0.355. The first-order valence-electron chi connectivity index (χ1n) is 6.59. The van der Waals surface area contributed by atoms with Gasteiger partial charge in [-0.3, -0.25) is 0 Å². The van der Waals surface area contributed by atoms with Gasteiger partial charge in [-0.05, 0) is 31.9 Å². The summed E-state index contributed by atoms with van der Waals surface area (Å²) in [4.78, 5) is 8.65. The van der Waals surface area contributed by atoms with Gasteiger partial charge in [0.15, 0.2) is 12.3 Å². The van der Waals surface area contributed by atoms with Crippen molar-refractivity contribution in [1.82, 2.24) is 19.6 Å². The molecule has 0 aromatic carbocycles. The van der Waals surface area contributed by atoms with Crippen molar-refractivity contribution in [3.8, 4) is 17.7 Å². The van der Waals surface area contributed by atoms with Crippen molar-refractivity contribution in [3.05, 3.63) is 53.6 Å². The van der Waals surface area contributed by atoms with Gasteiger partial charge in [-0.1, -0.05) is 12.0 Å². The first-order valence-corrected chi connectivity index (χ1v) is 6.59. The summed E-state index contributed by atoms with van der Waals surface area (Å²) in [5, 5.41) is 4.26. The summed E-state index contributed by atoms with van der Waals surface area (Å²) in [5.74, 6) is 6.44. The fraction of sp³-hybridized carbons (Fsp3) is 0.188. The van der Waals surface area contributed by atoms with E-state index in [9.17, 15) is 0 Å². The van der Waals surface area contributed by atoms with E-state index in [4.69, 9.17) is 4.74 Å². The van der Waals surface area contributed by atoms with Gasteiger partial charge < -0.3 is 4.74 Å².